The molecule has 0 spiro atoms. The summed E-state index contributed by atoms with van der Waals surface area (Å²) in [6.45, 7) is -0.146. The van der Waals surface area contributed by atoms with E-state index in [2.05, 4.69) is 10.4 Å². The van der Waals surface area contributed by atoms with E-state index in [-0.39, 0.29) is 16.5 Å². The van der Waals surface area contributed by atoms with Crippen molar-refractivity contribution in [2.75, 3.05) is 7.11 Å². The lowest BCUT2D eigenvalue weighted by Gasteiger charge is -2.09. The molecular weight excluding hydrogens is 394 g/mol. The minimum atomic E-state index is -3.89. The number of sulfone groups is 1. The van der Waals surface area contributed by atoms with Gasteiger partial charge in [-0.05, 0) is 35.9 Å². The maximum Gasteiger partial charge on any atom is 0.267 e. The minimum Gasteiger partial charge on any atom is -0.497 e. The molecule has 150 valence electrons. The molecular formula is C20H19N3O5S. The summed E-state index contributed by atoms with van der Waals surface area (Å²) in [6.07, 6.45) is 0. The van der Waals surface area contributed by atoms with Crippen molar-refractivity contribution in [1.29, 1.82) is 0 Å². The van der Waals surface area contributed by atoms with E-state index in [0.717, 1.165) is 22.4 Å². The Hall–Kier alpha value is -3.46. The first kappa shape index (κ1) is 20.3. The smallest absolute Gasteiger partial charge is 0.267 e. The Morgan fingerprint density at radius 2 is 1.72 bits per heavy atom. The average Bonchev–Trinajstić information content (AvgIpc) is 2.74. The Balaban J connectivity index is 1.73. The highest BCUT2D eigenvalue weighted by atomic mass is 32.2. The second kappa shape index (κ2) is 8.70. The number of hydrogen-bond acceptors (Lipinski definition) is 6. The van der Waals surface area contributed by atoms with Gasteiger partial charge in [0.1, 0.15) is 12.3 Å². The molecule has 0 atom stereocenters. The summed E-state index contributed by atoms with van der Waals surface area (Å²) in [5, 5.41) is 6.25. The van der Waals surface area contributed by atoms with Crippen LogP contribution in [0.2, 0.25) is 0 Å². The van der Waals surface area contributed by atoms with E-state index >= 15 is 0 Å². The summed E-state index contributed by atoms with van der Waals surface area (Å²) in [4.78, 5) is 24.3. The van der Waals surface area contributed by atoms with Gasteiger partial charge < -0.3 is 10.1 Å². The molecule has 0 unspecified atom stereocenters. The van der Waals surface area contributed by atoms with Gasteiger partial charge in [0, 0.05) is 12.6 Å². The predicted octanol–water partition coefficient (Wildman–Crippen LogP) is 1.40. The Morgan fingerprint density at radius 3 is 2.38 bits per heavy atom. The van der Waals surface area contributed by atoms with Crippen LogP contribution in [0.4, 0.5) is 0 Å². The second-order valence-corrected chi connectivity index (χ2v) is 8.01. The van der Waals surface area contributed by atoms with Crippen LogP contribution in [0.15, 0.2) is 81.4 Å². The van der Waals surface area contributed by atoms with E-state index in [1.165, 1.54) is 12.1 Å². The first-order chi connectivity index (χ1) is 13.9. The third-order valence-electron chi connectivity index (χ3n) is 4.11. The quantitative estimate of drug-likeness (QED) is 0.627. The lowest BCUT2D eigenvalue weighted by Crippen LogP contribution is -2.33. The lowest BCUT2D eigenvalue weighted by atomic mass is 10.2. The molecule has 29 heavy (non-hydrogen) atoms. The Morgan fingerprint density at radius 1 is 1.03 bits per heavy atom. The SMILES string of the molecule is COc1ccc(CNC(=O)Cn2nc(S(=O)(=O)c3ccccc3)ccc2=O)cc1. The highest BCUT2D eigenvalue weighted by Gasteiger charge is 2.20. The molecule has 0 aliphatic rings. The fraction of sp³-hybridized carbons (Fsp3) is 0.150. The zero-order valence-electron chi connectivity index (χ0n) is 15.6. The Bertz CT molecular complexity index is 1160. The fourth-order valence-corrected chi connectivity index (χ4v) is 3.75. The summed E-state index contributed by atoms with van der Waals surface area (Å²) >= 11 is 0. The van der Waals surface area contributed by atoms with Crippen molar-refractivity contribution in [3.8, 4) is 5.75 Å². The number of hydrogen-bond donors (Lipinski definition) is 1. The number of rotatable bonds is 7. The summed E-state index contributed by atoms with van der Waals surface area (Å²) in [7, 11) is -2.33. The predicted molar refractivity (Wildman–Crippen MR) is 105 cm³/mol. The van der Waals surface area contributed by atoms with E-state index in [4.69, 9.17) is 4.74 Å². The van der Waals surface area contributed by atoms with Gasteiger partial charge in [0.15, 0.2) is 5.03 Å². The first-order valence-corrected chi connectivity index (χ1v) is 10.2. The molecule has 0 fully saturated rings. The maximum absolute atomic E-state index is 12.7. The number of nitrogens with zero attached hydrogens (tertiary/aromatic N) is 2. The van der Waals surface area contributed by atoms with Gasteiger partial charge in [-0.3, -0.25) is 9.59 Å². The van der Waals surface area contributed by atoms with Crippen LogP contribution in [-0.2, 0) is 27.7 Å². The largest absolute Gasteiger partial charge is 0.497 e. The molecule has 9 heteroatoms. The summed E-state index contributed by atoms with van der Waals surface area (Å²) in [5.74, 6) is 0.233. The molecule has 1 amide bonds. The van der Waals surface area contributed by atoms with Crippen LogP contribution < -0.4 is 15.6 Å². The molecule has 0 saturated carbocycles. The van der Waals surface area contributed by atoms with Gasteiger partial charge in [-0.2, -0.15) is 5.10 Å². The van der Waals surface area contributed by atoms with Gasteiger partial charge in [-0.15, -0.1) is 0 Å². The van der Waals surface area contributed by atoms with Crippen LogP contribution in [0.3, 0.4) is 0 Å². The average molecular weight is 413 g/mol. The normalized spacial score (nSPS) is 11.1. The molecule has 1 heterocycles. The second-order valence-electron chi connectivity index (χ2n) is 6.11. The van der Waals surface area contributed by atoms with E-state index in [9.17, 15) is 18.0 Å². The summed E-state index contributed by atoms with van der Waals surface area (Å²) in [5.41, 5.74) is 0.275. The van der Waals surface area contributed by atoms with E-state index in [1.54, 1.807) is 49.6 Å². The number of carbonyl (C=O) groups excluding carboxylic acids is 1. The molecule has 8 nitrogen and oxygen atoms in total. The number of amides is 1. The first-order valence-electron chi connectivity index (χ1n) is 8.68. The minimum absolute atomic E-state index is 0.0571. The van der Waals surface area contributed by atoms with Gasteiger partial charge in [-0.25, -0.2) is 13.1 Å². The number of nitrogens with one attached hydrogen (secondary N) is 1. The highest BCUT2D eigenvalue weighted by molar-refractivity contribution is 7.91. The lowest BCUT2D eigenvalue weighted by molar-refractivity contribution is -0.122. The van der Waals surface area contributed by atoms with Gasteiger partial charge >= 0.3 is 0 Å². The molecule has 3 rings (SSSR count). The fourth-order valence-electron chi connectivity index (χ4n) is 2.54. The van der Waals surface area contributed by atoms with Crippen LogP contribution in [0, 0.1) is 0 Å². The molecule has 0 radical (unpaired) electrons. The van der Waals surface area contributed by atoms with Crippen molar-refractivity contribution in [2.24, 2.45) is 0 Å². The number of aromatic nitrogens is 2. The monoisotopic (exact) mass is 413 g/mol. The number of carbonyl (C=O) groups is 1. The highest BCUT2D eigenvalue weighted by Crippen LogP contribution is 2.17. The summed E-state index contributed by atoms with van der Waals surface area (Å²) < 4.78 is 31.2. The van der Waals surface area contributed by atoms with Crippen molar-refractivity contribution in [3.63, 3.8) is 0 Å². The molecule has 3 aromatic rings. The summed E-state index contributed by atoms with van der Waals surface area (Å²) in [6, 6.07) is 17.1. The topological polar surface area (TPSA) is 107 Å². The van der Waals surface area contributed by atoms with Crippen LogP contribution >= 0.6 is 0 Å². The number of benzene rings is 2. The number of methoxy groups -OCH3 is 1. The molecule has 0 aliphatic carbocycles. The Kier molecular flexibility index (Phi) is 6.08. The molecule has 1 N–H and O–H groups in total. The van der Waals surface area contributed by atoms with Crippen LogP contribution in [-0.4, -0.2) is 31.2 Å². The van der Waals surface area contributed by atoms with Crippen LogP contribution in [0.5, 0.6) is 5.75 Å². The zero-order valence-corrected chi connectivity index (χ0v) is 16.4. The van der Waals surface area contributed by atoms with Crippen molar-refractivity contribution < 1.29 is 17.9 Å². The van der Waals surface area contributed by atoms with Crippen molar-refractivity contribution in [3.05, 3.63) is 82.6 Å². The van der Waals surface area contributed by atoms with Crippen molar-refractivity contribution >= 4 is 15.7 Å². The molecule has 0 bridgehead atoms. The molecule has 0 aliphatic heterocycles. The van der Waals surface area contributed by atoms with E-state index in [0.29, 0.717) is 5.75 Å². The van der Waals surface area contributed by atoms with Crippen molar-refractivity contribution in [2.45, 2.75) is 23.0 Å². The maximum atomic E-state index is 12.7. The molecule has 0 saturated heterocycles. The zero-order chi connectivity index (χ0) is 20.9. The van der Waals surface area contributed by atoms with Gasteiger partial charge in [-0.1, -0.05) is 30.3 Å². The van der Waals surface area contributed by atoms with Crippen LogP contribution in [0.25, 0.3) is 0 Å². The Labute approximate surface area is 167 Å². The third kappa shape index (κ3) is 4.88. The standard InChI is InChI=1S/C20H19N3O5S/c1-28-16-9-7-15(8-10-16)13-21-18(24)14-23-20(25)12-11-19(22-23)29(26,27)17-5-3-2-4-6-17/h2-12H,13-14H2,1H3,(H,21,24). The molecule has 1 aromatic heterocycles. The van der Waals surface area contributed by atoms with Crippen LogP contribution in [0.1, 0.15) is 5.56 Å². The van der Waals surface area contributed by atoms with Crippen molar-refractivity contribution in [1.82, 2.24) is 15.1 Å². The van der Waals surface area contributed by atoms with Gasteiger partial charge in [0.25, 0.3) is 5.56 Å². The third-order valence-corrected chi connectivity index (χ3v) is 5.77. The number of ether oxygens (including phenoxy) is 1. The van der Waals surface area contributed by atoms with E-state index < -0.39 is 27.8 Å². The molecule has 2 aromatic carbocycles. The van der Waals surface area contributed by atoms with Gasteiger partial charge in [0.05, 0.1) is 12.0 Å². The van der Waals surface area contributed by atoms with E-state index in [1.807, 2.05) is 0 Å². The van der Waals surface area contributed by atoms with Gasteiger partial charge in [0.2, 0.25) is 15.7 Å².